The summed E-state index contributed by atoms with van der Waals surface area (Å²) in [6, 6.07) is 59.5. The molecular weight excluding hydrogens is 890 g/mol. The Bertz CT molecular complexity index is 3010. The van der Waals surface area contributed by atoms with Crippen LogP contribution in [0.5, 0.6) is 5.75 Å². The van der Waals surface area contributed by atoms with Gasteiger partial charge in [0.05, 0.1) is 16.6 Å². The molecule has 0 aliphatic rings. The standard InChI is InChI=1S/C53H42N3O.Pt/c1-35-28-41(37-16-9-6-10-17-37)33-45(29-35)56-49-20-13-19-46(51(49)55-52(56)47-18-11-12-21-50(47)57)42-30-43(32-44(31-42)53(2,3)4)48-34-40(26-27-54-48)39-24-22-38(23-25-39)36-14-7-5-8-15-36;/h5-29,31-34,57H,1-4H3;/q-1;/i1D3;. The Morgan fingerprint density at radius 1 is 0.586 bits per heavy atom. The molecule has 2 aromatic heterocycles. The predicted molar refractivity (Wildman–Crippen MR) is 235 cm³/mol. The fourth-order valence-corrected chi connectivity index (χ4v) is 7.49. The van der Waals surface area contributed by atoms with E-state index in [1.54, 1.807) is 24.3 Å². The molecule has 0 aliphatic heterocycles. The average Bonchev–Trinajstić information content (AvgIpc) is 3.66. The number of para-hydroxylation sites is 2. The van der Waals surface area contributed by atoms with Crippen LogP contribution in [0.4, 0.5) is 0 Å². The van der Waals surface area contributed by atoms with Crippen LogP contribution in [0.3, 0.4) is 0 Å². The molecule has 5 heteroatoms. The van der Waals surface area contributed by atoms with E-state index < -0.39 is 6.85 Å². The van der Waals surface area contributed by atoms with Crippen molar-refractivity contribution in [2.75, 3.05) is 0 Å². The first-order valence-electron chi connectivity index (χ1n) is 20.6. The maximum Gasteiger partial charge on any atom is 0.148 e. The van der Waals surface area contributed by atoms with E-state index in [0.29, 0.717) is 22.6 Å². The minimum absolute atomic E-state index is 0. The molecule has 9 aromatic rings. The Hall–Kier alpha value is -6.35. The summed E-state index contributed by atoms with van der Waals surface area (Å²) in [5.74, 6) is 0.548. The van der Waals surface area contributed by atoms with Crippen LogP contribution in [-0.4, -0.2) is 19.6 Å². The van der Waals surface area contributed by atoms with Crippen LogP contribution in [0.2, 0.25) is 0 Å². The van der Waals surface area contributed by atoms with Gasteiger partial charge >= 0.3 is 0 Å². The minimum Gasteiger partial charge on any atom is -0.507 e. The number of hydrogen-bond donors (Lipinski definition) is 1. The van der Waals surface area contributed by atoms with Crippen molar-refractivity contribution in [1.29, 1.82) is 0 Å². The van der Waals surface area contributed by atoms with E-state index in [0.717, 1.165) is 61.3 Å². The number of benzene rings is 7. The van der Waals surface area contributed by atoms with Gasteiger partial charge in [-0.3, -0.25) is 9.55 Å². The van der Waals surface area contributed by atoms with E-state index in [1.807, 2.05) is 89.6 Å². The molecule has 0 spiro atoms. The largest absolute Gasteiger partial charge is 0.507 e. The molecule has 4 nitrogen and oxygen atoms in total. The van der Waals surface area contributed by atoms with Gasteiger partial charge in [-0.05, 0) is 87.6 Å². The number of hydrogen-bond acceptors (Lipinski definition) is 3. The van der Waals surface area contributed by atoms with Gasteiger partial charge in [0.25, 0.3) is 0 Å². The predicted octanol–water partition coefficient (Wildman–Crippen LogP) is 13.5. The Labute approximate surface area is 359 Å². The van der Waals surface area contributed by atoms with Crippen LogP contribution in [0, 0.1) is 12.9 Å². The van der Waals surface area contributed by atoms with E-state index in [4.69, 9.17) is 14.1 Å². The quantitative estimate of drug-likeness (QED) is 0.162. The van der Waals surface area contributed by atoms with Crippen LogP contribution in [0.1, 0.15) is 36.0 Å². The fraction of sp³-hybridized carbons (Fsp3) is 0.0943. The number of nitrogens with zero attached hydrogens (tertiary/aromatic N) is 3. The van der Waals surface area contributed by atoms with Gasteiger partial charge in [0.2, 0.25) is 0 Å². The molecule has 286 valence electrons. The third kappa shape index (κ3) is 7.56. The van der Waals surface area contributed by atoms with E-state index in [1.165, 1.54) is 5.56 Å². The summed E-state index contributed by atoms with van der Waals surface area (Å²) in [5, 5.41) is 11.3. The van der Waals surface area contributed by atoms with E-state index in [2.05, 4.69) is 93.6 Å². The molecule has 1 N–H and O–H groups in total. The first-order chi connectivity index (χ1) is 28.9. The number of phenolic OH excluding ortho intramolecular Hbond substituents is 1. The van der Waals surface area contributed by atoms with Crippen LogP contribution in [-0.2, 0) is 26.5 Å². The zero-order valence-corrected chi connectivity index (χ0v) is 34.6. The Morgan fingerprint density at radius 2 is 1.21 bits per heavy atom. The number of aromatic nitrogens is 3. The van der Waals surface area contributed by atoms with Crippen LogP contribution >= 0.6 is 0 Å². The molecule has 0 aliphatic carbocycles. The Balaban J connectivity index is 0.00000514. The van der Waals surface area contributed by atoms with Gasteiger partial charge in [-0.2, -0.15) is 0 Å². The number of rotatable bonds is 7. The molecule has 7 aromatic carbocycles. The fourth-order valence-electron chi connectivity index (χ4n) is 7.49. The monoisotopic (exact) mass is 934 g/mol. The molecule has 0 radical (unpaired) electrons. The molecule has 0 amide bonds. The van der Waals surface area contributed by atoms with Crippen molar-refractivity contribution in [2.24, 2.45) is 0 Å². The summed E-state index contributed by atoms with van der Waals surface area (Å²) in [7, 11) is 0. The van der Waals surface area contributed by atoms with Crippen molar-refractivity contribution in [3.8, 4) is 78.6 Å². The van der Waals surface area contributed by atoms with Gasteiger partial charge < -0.3 is 5.11 Å². The molecule has 0 unspecified atom stereocenters. The van der Waals surface area contributed by atoms with Gasteiger partial charge in [-0.15, -0.1) is 29.3 Å². The number of phenols is 1. The number of pyridine rings is 1. The van der Waals surface area contributed by atoms with Crippen LogP contribution < -0.4 is 0 Å². The summed E-state index contributed by atoms with van der Waals surface area (Å²) in [6.07, 6.45) is 1.85. The topological polar surface area (TPSA) is 50.9 Å². The van der Waals surface area contributed by atoms with E-state index in [-0.39, 0.29) is 37.8 Å². The zero-order valence-electron chi connectivity index (χ0n) is 35.3. The number of imidazole rings is 1. The van der Waals surface area contributed by atoms with Gasteiger partial charge in [-0.1, -0.05) is 153 Å². The van der Waals surface area contributed by atoms with E-state index in [9.17, 15) is 5.11 Å². The molecule has 0 atom stereocenters. The summed E-state index contributed by atoms with van der Waals surface area (Å²) < 4.78 is 27.3. The van der Waals surface area contributed by atoms with Crippen molar-refractivity contribution < 1.29 is 30.3 Å². The molecule has 0 saturated heterocycles. The van der Waals surface area contributed by atoms with Crippen molar-refractivity contribution in [3.63, 3.8) is 0 Å². The van der Waals surface area contributed by atoms with Crippen molar-refractivity contribution in [1.82, 2.24) is 14.5 Å². The minimum atomic E-state index is -2.37. The Morgan fingerprint density at radius 3 is 1.90 bits per heavy atom. The molecular formula is C53H42N3OPt-. The third-order valence-electron chi connectivity index (χ3n) is 10.5. The average molecular weight is 935 g/mol. The van der Waals surface area contributed by atoms with Gasteiger partial charge in [0.1, 0.15) is 11.6 Å². The molecule has 9 rings (SSSR count). The van der Waals surface area contributed by atoms with Gasteiger partial charge in [0, 0.05) is 42.8 Å². The molecule has 0 bridgehead atoms. The second kappa shape index (κ2) is 15.9. The number of aryl methyl sites for hydroxylation is 1. The number of fused-ring (bicyclic) bond motifs is 1. The van der Waals surface area contributed by atoms with Crippen molar-refractivity contribution in [3.05, 3.63) is 193 Å². The first kappa shape index (κ1) is 34.9. The van der Waals surface area contributed by atoms with Crippen LogP contribution in [0.15, 0.2) is 176 Å². The first-order valence-corrected chi connectivity index (χ1v) is 19.1. The summed E-state index contributed by atoms with van der Waals surface area (Å²) >= 11 is 0. The Kier molecular flexibility index (Phi) is 9.55. The maximum absolute atomic E-state index is 11.3. The van der Waals surface area contributed by atoms with Gasteiger partial charge in [0.15, 0.2) is 0 Å². The summed E-state index contributed by atoms with van der Waals surface area (Å²) in [5.41, 5.74) is 13.2. The summed E-state index contributed by atoms with van der Waals surface area (Å²) in [6.45, 7) is 4.22. The second-order valence-corrected chi connectivity index (χ2v) is 15.4. The van der Waals surface area contributed by atoms with E-state index >= 15 is 0 Å². The maximum atomic E-state index is 11.3. The SMILES string of the molecule is [2H]C([2H])([2H])c1cc(-c2ccccc2)cc(-n2c(-c3ccccc3O)nc3c(-c4[c-]c(-c5cc(-c6ccc(-c7ccccc7)cc6)ccn5)cc(C(C)(C)C)c4)cccc32)c1.[Pt]. The van der Waals surface area contributed by atoms with Crippen molar-refractivity contribution >= 4 is 11.0 Å². The molecule has 2 heterocycles. The molecule has 0 fully saturated rings. The van der Waals surface area contributed by atoms with Crippen molar-refractivity contribution in [2.45, 2.75) is 33.0 Å². The normalized spacial score (nSPS) is 12.4. The molecule has 0 saturated carbocycles. The smallest absolute Gasteiger partial charge is 0.148 e. The van der Waals surface area contributed by atoms with Crippen LogP contribution in [0.25, 0.3) is 83.9 Å². The number of aromatic hydroxyl groups is 1. The zero-order chi connectivity index (χ0) is 41.6. The van der Waals surface area contributed by atoms with Gasteiger partial charge in [-0.25, -0.2) is 4.98 Å². The third-order valence-corrected chi connectivity index (χ3v) is 10.5. The summed E-state index contributed by atoms with van der Waals surface area (Å²) in [4.78, 5) is 10.2. The molecule has 58 heavy (non-hydrogen) atoms. The second-order valence-electron chi connectivity index (χ2n) is 15.4.